The molecule has 0 radical (unpaired) electrons. The molecule has 1 aromatic heterocycles. The molecule has 4 rings (SSSR count). The summed E-state index contributed by atoms with van der Waals surface area (Å²) < 4.78 is 1.91. The van der Waals surface area contributed by atoms with Crippen molar-refractivity contribution in [1.82, 2.24) is 14.4 Å². The van der Waals surface area contributed by atoms with Crippen LogP contribution in [0.2, 0.25) is 0 Å². The average molecular weight is 435 g/mol. The predicted molar refractivity (Wildman–Crippen MR) is 119 cm³/mol. The van der Waals surface area contributed by atoms with Gasteiger partial charge in [0, 0.05) is 62.3 Å². The van der Waals surface area contributed by atoms with Gasteiger partial charge in [-0.1, -0.05) is 36.4 Å². The molecule has 166 valence electrons. The maximum atomic E-state index is 12.4. The summed E-state index contributed by atoms with van der Waals surface area (Å²) in [6, 6.07) is 13.6. The summed E-state index contributed by atoms with van der Waals surface area (Å²) in [6.07, 6.45) is 1.82. The fourth-order valence-corrected chi connectivity index (χ4v) is 4.36. The molecule has 3 aromatic rings. The molecule has 0 aliphatic carbocycles. The number of aromatic carboxylic acids is 1. The molecule has 2 heterocycles. The lowest BCUT2D eigenvalue weighted by Gasteiger charge is -2.37. The van der Waals surface area contributed by atoms with Gasteiger partial charge in [-0.3, -0.25) is 14.5 Å². The number of fused-ring (bicyclic) bond motifs is 1. The lowest BCUT2D eigenvalue weighted by molar-refractivity contribution is -0.144. The van der Waals surface area contributed by atoms with Crippen LogP contribution < -0.4 is 0 Å². The largest absolute Gasteiger partial charge is 0.480 e. The first-order valence-electron chi connectivity index (χ1n) is 10.5. The predicted octanol–water partition coefficient (Wildman–Crippen LogP) is 2.68. The number of amides is 1. The Morgan fingerprint density at radius 2 is 1.66 bits per heavy atom. The molecule has 1 amide bonds. The minimum Gasteiger partial charge on any atom is -0.480 e. The van der Waals surface area contributed by atoms with E-state index < -0.39 is 18.0 Å². The molecule has 0 bridgehead atoms. The molecule has 8 nitrogen and oxygen atoms in total. The third-order valence-electron chi connectivity index (χ3n) is 6.01. The fourth-order valence-electron chi connectivity index (χ4n) is 4.36. The summed E-state index contributed by atoms with van der Waals surface area (Å²) in [5.41, 5.74) is 2.48. The maximum absolute atomic E-state index is 12.4. The van der Waals surface area contributed by atoms with E-state index in [-0.39, 0.29) is 11.5 Å². The van der Waals surface area contributed by atoms with Gasteiger partial charge in [0.2, 0.25) is 5.91 Å². The molecular formula is C24H25N3O5. The number of piperazine rings is 1. The summed E-state index contributed by atoms with van der Waals surface area (Å²) in [5.74, 6) is -2.02. The first kappa shape index (κ1) is 21.6. The normalized spacial score (nSPS) is 15.6. The number of hydrogen-bond donors (Lipinski definition) is 2. The van der Waals surface area contributed by atoms with Gasteiger partial charge in [0.05, 0.1) is 5.56 Å². The Morgan fingerprint density at radius 1 is 0.969 bits per heavy atom. The number of carbonyl (C=O) groups excluding carboxylic acids is 1. The molecule has 0 unspecified atom stereocenters. The number of carboxylic acid groups (broad SMARTS) is 2. The van der Waals surface area contributed by atoms with Crippen LogP contribution >= 0.6 is 0 Å². The highest BCUT2D eigenvalue weighted by molar-refractivity contribution is 5.96. The summed E-state index contributed by atoms with van der Waals surface area (Å²) in [4.78, 5) is 39.2. The van der Waals surface area contributed by atoms with E-state index in [2.05, 4.69) is 0 Å². The van der Waals surface area contributed by atoms with Crippen molar-refractivity contribution in [2.45, 2.75) is 19.5 Å². The molecule has 1 atom stereocenters. The Labute approximate surface area is 185 Å². The number of nitrogens with zero attached hydrogens (tertiary/aromatic N) is 3. The first-order chi connectivity index (χ1) is 15.3. The SMILES string of the molecule is CC(=O)N1CCN([C@@H](C(=O)O)c2cn(Cc3ccccc3)c3cc(C(=O)O)ccc23)CC1. The number of benzene rings is 2. The van der Waals surface area contributed by atoms with Gasteiger partial charge < -0.3 is 19.7 Å². The van der Waals surface area contributed by atoms with Gasteiger partial charge >= 0.3 is 11.9 Å². The minimum absolute atomic E-state index is 0.0165. The van der Waals surface area contributed by atoms with Crippen LogP contribution in [0.15, 0.2) is 54.7 Å². The molecule has 2 aromatic carbocycles. The second-order valence-corrected chi connectivity index (χ2v) is 8.02. The Morgan fingerprint density at radius 3 is 2.25 bits per heavy atom. The van der Waals surface area contributed by atoms with Crippen LogP contribution in [-0.2, 0) is 16.1 Å². The zero-order valence-electron chi connectivity index (χ0n) is 17.8. The second-order valence-electron chi connectivity index (χ2n) is 8.02. The molecule has 2 N–H and O–H groups in total. The number of rotatable bonds is 6. The molecule has 1 fully saturated rings. The van der Waals surface area contributed by atoms with E-state index in [4.69, 9.17) is 0 Å². The van der Waals surface area contributed by atoms with Crippen LogP contribution in [0.1, 0.15) is 34.5 Å². The highest BCUT2D eigenvalue weighted by Crippen LogP contribution is 2.32. The maximum Gasteiger partial charge on any atom is 0.335 e. The summed E-state index contributed by atoms with van der Waals surface area (Å²) in [6.45, 7) is 3.87. The monoisotopic (exact) mass is 435 g/mol. The second kappa shape index (κ2) is 8.84. The lowest BCUT2D eigenvalue weighted by atomic mass is 10.0. The standard InChI is InChI=1S/C24H25N3O5/c1-16(28)25-9-11-26(12-10-25)22(24(31)32)20-15-27(14-17-5-3-2-4-6-17)21-13-18(23(29)30)7-8-19(20)21/h2-8,13,15,22H,9-12,14H2,1H3,(H,29,30)(H,31,32)/t22-/m1/s1. The van der Waals surface area contributed by atoms with Crippen molar-refractivity contribution in [2.75, 3.05) is 26.2 Å². The zero-order valence-corrected chi connectivity index (χ0v) is 17.8. The Hall–Kier alpha value is -3.65. The zero-order chi connectivity index (χ0) is 22.8. The number of aromatic nitrogens is 1. The van der Waals surface area contributed by atoms with Crippen LogP contribution in [0.4, 0.5) is 0 Å². The summed E-state index contributed by atoms with van der Waals surface area (Å²) >= 11 is 0. The smallest absolute Gasteiger partial charge is 0.335 e. The minimum atomic E-state index is -1.03. The number of carbonyl (C=O) groups is 3. The van der Waals surface area contributed by atoms with E-state index >= 15 is 0 Å². The van der Waals surface area contributed by atoms with E-state index in [1.807, 2.05) is 46.0 Å². The Bertz CT molecular complexity index is 1160. The van der Waals surface area contributed by atoms with Crippen LogP contribution in [0.25, 0.3) is 10.9 Å². The molecule has 1 aliphatic heterocycles. The van der Waals surface area contributed by atoms with Crippen molar-refractivity contribution in [3.05, 3.63) is 71.4 Å². The molecule has 0 saturated carbocycles. The van der Waals surface area contributed by atoms with Crippen LogP contribution in [0, 0.1) is 0 Å². The lowest BCUT2D eigenvalue weighted by Crippen LogP contribution is -2.50. The first-order valence-corrected chi connectivity index (χ1v) is 10.5. The summed E-state index contributed by atoms with van der Waals surface area (Å²) in [5, 5.41) is 20.3. The molecule has 8 heteroatoms. The van der Waals surface area contributed by atoms with E-state index in [0.29, 0.717) is 49.2 Å². The highest BCUT2D eigenvalue weighted by Gasteiger charge is 2.33. The Balaban J connectivity index is 1.77. The van der Waals surface area contributed by atoms with Crippen LogP contribution in [-0.4, -0.2) is 68.6 Å². The van der Waals surface area contributed by atoms with Gasteiger partial charge in [0.15, 0.2) is 0 Å². The van der Waals surface area contributed by atoms with Gasteiger partial charge in [0.1, 0.15) is 6.04 Å². The molecule has 1 saturated heterocycles. The molecule has 1 aliphatic rings. The third-order valence-corrected chi connectivity index (χ3v) is 6.01. The van der Waals surface area contributed by atoms with Crippen LogP contribution in [0.5, 0.6) is 0 Å². The van der Waals surface area contributed by atoms with Crippen molar-refractivity contribution >= 4 is 28.7 Å². The van der Waals surface area contributed by atoms with Crippen molar-refractivity contribution in [3.63, 3.8) is 0 Å². The van der Waals surface area contributed by atoms with E-state index in [1.165, 1.54) is 13.0 Å². The van der Waals surface area contributed by atoms with Gasteiger partial charge in [-0.25, -0.2) is 4.79 Å². The fraction of sp³-hybridized carbons (Fsp3) is 0.292. The van der Waals surface area contributed by atoms with Crippen molar-refractivity contribution in [2.24, 2.45) is 0 Å². The van der Waals surface area contributed by atoms with Gasteiger partial charge in [-0.05, 0) is 17.7 Å². The number of aliphatic carboxylic acids is 1. The van der Waals surface area contributed by atoms with Crippen molar-refractivity contribution < 1.29 is 24.6 Å². The highest BCUT2D eigenvalue weighted by atomic mass is 16.4. The quantitative estimate of drug-likeness (QED) is 0.617. The molecule has 32 heavy (non-hydrogen) atoms. The molecular weight excluding hydrogens is 410 g/mol. The number of carboxylic acids is 2. The van der Waals surface area contributed by atoms with Crippen LogP contribution in [0.3, 0.4) is 0 Å². The van der Waals surface area contributed by atoms with Gasteiger partial charge in [-0.2, -0.15) is 0 Å². The van der Waals surface area contributed by atoms with E-state index in [9.17, 15) is 24.6 Å². The van der Waals surface area contributed by atoms with Crippen molar-refractivity contribution in [3.8, 4) is 0 Å². The molecule has 0 spiro atoms. The Kier molecular flexibility index (Phi) is 5.96. The van der Waals surface area contributed by atoms with Gasteiger partial charge in [0.25, 0.3) is 0 Å². The van der Waals surface area contributed by atoms with Crippen molar-refractivity contribution in [1.29, 1.82) is 0 Å². The van der Waals surface area contributed by atoms with E-state index in [0.717, 1.165) is 5.56 Å². The summed E-state index contributed by atoms with van der Waals surface area (Å²) in [7, 11) is 0. The number of hydrogen-bond acceptors (Lipinski definition) is 4. The van der Waals surface area contributed by atoms with E-state index in [1.54, 1.807) is 17.0 Å². The average Bonchev–Trinajstić information content (AvgIpc) is 3.12. The third kappa shape index (κ3) is 4.22. The topological polar surface area (TPSA) is 103 Å². The van der Waals surface area contributed by atoms with Gasteiger partial charge in [-0.15, -0.1) is 0 Å².